The molecule has 2 atom stereocenters. The van der Waals surface area contributed by atoms with Crippen LogP contribution in [0.2, 0.25) is 0 Å². The van der Waals surface area contributed by atoms with Crippen molar-refractivity contribution in [2.24, 2.45) is 17.1 Å². The molecule has 1 fully saturated rings. The van der Waals surface area contributed by atoms with Crippen molar-refractivity contribution in [3.05, 3.63) is 24.4 Å². The van der Waals surface area contributed by atoms with Gasteiger partial charge in [-0.25, -0.2) is 13.4 Å². The Morgan fingerprint density at radius 1 is 1.39 bits per heavy atom. The lowest BCUT2D eigenvalue weighted by molar-refractivity contribution is -0.128. The smallest absolute Gasteiger partial charge is 0.260 e. The lowest BCUT2D eigenvalue weighted by Gasteiger charge is -2.29. The maximum atomic E-state index is 12.9. The highest BCUT2D eigenvalue weighted by Crippen LogP contribution is 2.30. The average molecular weight is 411 g/mol. The molecule has 0 radical (unpaired) electrons. The summed E-state index contributed by atoms with van der Waals surface area (Å²) in [6.45, 7) is 7.52. The number of Topliss-reactive ketones (excluding diaryl/α,β-unsaturated/α-hetero) is 1. The summed E-state index contributed by atoms with van der Waals surface area (Å²) in [5, 5.41) is 2.63. The van der Waals surface area contributed by atoms with Crippen molar-refractivity contribution >= 4 is 21.7 Å². The Labute approximate surface area is 166 Å². The van der Waals surface area contributed by atoms with Crippen molar-refractivity contribution in [1.29, 1.82) is 0 Å². The molecule has 8 nitrogen and oxygen atoms in total. The summed E-state index contributed by atoms with van der Waals surface area (Å²) in [6.07, 6.45) is 2.24. The van der Waals surface area contributed by atoms with E-state index >= 15 is 0 Å². The Bertz CT molecular complexity index is 808. The zero-order chi connectivity index (χ0) is 21.1. The SMILES string of the molecule is CC(C)C[C@H](N)C(=O)NC1CC(C)(C)CN(S(=O)(=O)c2ccccn2)CC1=O. The van der Waals surface area contributed by atoms with Gasteiger partial charge in [0.15, 0.2) is 10.8 Å². The quantitative estimate of drug-likeness (QED) is 0.719. The molecular weight excluding hydrogens is 380 g/mol. The Morgan fingerprint density at radius 2 is 2.07 bits per heavy atom. The van der Waals surface area contributed by atoms with Crippen LogP contribution < -0.4 is 11.1 Å². The van der Waals surface area contributed by atoms with Gasteiger partial charge in [0, 0.05) is 12.7 Å². The van der Waals surface area contributed by atoms with Crippen LogP contribution in [0.1, 0.15) is 40.5 Å². The molecule has 1 aliphatic rings. The predicted molar refractivity (Wildman–Crippen MR) is 106 cm³/mol. The van der Waals surface area contributed by atoms with Crippen LogP contribution in [0.15, 0.2) is 29.4 Å². The van der Waals surface area contributed by atoms with Crippen LogP contribution in [0.25, 0.3) is 0 Å². The molecule has 0 saturated carbocycles. The van der Waals surface area contributed by atoms with Gasteiger partial charge in [-0.1, -0.05) is 33.8 Å². The standard InChI is InChI=1S/C19H30N4O4S/c1-13(2)9-14(20)18(25)22-15-10-19(3,4)12-23(11-16(15)24)28(26,27)17-7-5-6-8-21-17/h5-8,13-15H,9-12,20H2,1-4H3,(H,22,25)/t14-,15?/m0/s1. The molecule has 2 rings (SSSR count). The third-order valence-electron chi connectivity index (χ3n) is 4.70. The number of rotatable bonds is 6. The summed E-state index contributed by atoms with van der Waals surface area (Å²) in [4.78, 5) is 29.1. The summed E-state index contributed by atoms with van der Waals surface area (Å²) in [5.41, 5.74) is 5.40. The highest BCUT2D eigenvalue weighted by Gasteiger charge is 2.40. The van der Waals surface area contributed by atoms with Crippen LogP contribution in [0.3, 0.4) is 0 Å². The van der Waals surface area contributed by atoms with Gasteiger partial charge in [-0.2, -0.15) is 4.31 Å². The third kappa shape index (κ3) is 5.59. The number of hydrogen-bond donors (Lipinski definition) is 2. The molecule has 0 aromatic carbocycles. The van der Waals surface area contributed by atoms with Gasteiger partial charge >= 0.3 is 0 Å². The first-order valence-corrected chi connectivity index (χ1v) is 10.9. The van der Waals surface area contributed by atoms with Crippen LogP contribution in [0.5, 0.6) is 0 Å². The molecule has 2 heterocycles. The van der Waals surface area contributed by atoms with Gasteiger partial charge in [0.2, 0.25) is 5.91 Å². The van der Waals surface area contributed by atoms with Crippen LogP contribution in [0, 0.1) is 11.3 Å². The van der Waals surface area contributed by atoms with E-state index < -0.39 is 27.5 Å². The maximum absolute atomic E-state index is 12.9. The number of nitrogens with zero attached hydrogens (tertiary/aromatic N) is 2. The third-order valence-corrected chi connectivity index (χ3v) is 6.41. The summed E-state index contributed by atoms with van der Waals surface area (Å²) >= 11 is 0. The zero-order valence-corrected chi connectivity index (χ0v) is 17.7. The molecule has 9 heteroatoms. The van der Waals surface area contributed by atoms with E-state index in [0.717, 1.165) is 4.31 Å². The van der Waals surface area contributed by atoms with E-state index in [1.807, 2.05) is 27.7 Å². The summed E-state index contributed by atoms with van der Waals surface area (Å²) < 4.78 is 27.0. The van der Waals surface area contributed by atoms with E-state index in [-0.39, 0.29) is 35.7 Å². The minimum atomic E-state index is -3.91. The number of nitrogens with two attached hydrogens (primary N) is 1. The molecule has 3 N–H and O–H groups in total. The Kier molecular flexibility index (Phi) is 6.95. The van der Waals surface area contributed by atoms with Crippen LogP contribution >= 0.6 is 0 Å². The second-order valence-electron chi connectivity index (χ2n) is 8.57. The van der Waals surface area contributed by atoms with Gasteiger partial charge in [-0.15, -0.1) is 0 Å². The van der Waals surface area contributed by atoms with Crippen molar-refractivity contribution in [3.63, 3.8) is 0 Å². The van der Waals surface area contributed by atoms with Gasteiger partial charge in [0.1, 0.15) is 0 Å². The first-order valence-electron chi connectivity index (χ1n) is 9.42. The molecule has 1 amide bonds. The fourth-order valence-corrected chi connectivity index (χ4v) is 4.90. The molecule has 0 bridgehead atoms. The Hall–Kier alpha value is -1.84. The molecule has 156 valence electrons. The fourth-order valence-electron chi connectivity index (χ4n) is 3.38. The number of ketones is 1. The minimum absolute atomic E-state index is 0.0972. The van der Waals surface area contributed by atoms with Crippen LogP contribution in [0.4, 0.5) is 0 Å². The van der Waals surface area contributed by atoms with E-state index in [9.17, 15) is 18.0 Å². The number of amides is 1. The van der Waals surface area contributed by atoms with Gasteiger partial charge in [-0.3, -0.25) is 9.59 Å². The van der Waals surface area contributed by atoms with Crippen molar-refractivity contribution in [3.8, 4) is 0 Å². The molecule has 1 aliphatic heterocycles. The van der Waals surface area contributed by atoms with Crippen molar-refractivity contribution in [1.82, 2.24) is 14.6 Å². The number of carbonyl (C=O) groups excluding carboxylic acids is 2. The highest BCUT2D eigenvalue weighted by atomic mass is 32.2. The van der Waals surface area contributed by atoms with Gasteiger partial charge < -0.3 is 11.1 Å². The number of aromatic nitrogens is 1. The lowest BCUT2D eigenvalue weighted by atomic mass is 9.85. The topological polar surface area (TPSA) is 122 Å². The summed E-state index contributed by atoms with van der Waals surface area (Å²) in [5.74, 6) is -0.486. The van der Waals surface area contributed by atoms with Gasteiger partial charge in [0.25, 0.3) is 10.0 Å². The largest absolute Gasteiger partial charge is 0.345 e. The zero-order valence-electron chi connectivity index (χ0n) is 16.9. The first kappa shape index (κ1) is 22.4. The summed E-state index contributed by atoms with van der Waals surface area (Å²) in [6, 6.07) is 3.14. The Balaban J connectivity index is 2.21. The first-order chi connectivity index (χ1) is 12.9. The van der Waals surface area contributed by atoms with Crippen molar-refractivity contribution in [2.45, 2.75) is 57.6 Å². The predicted octanol–water partition coefficient (Wildman–Crippen LogP) is 0.930. The highest BCUT2D eigenvalue weighted by molar-refractivity contribution is 7.89. The maximum Gasteiger partial charge on any atom is 0.260 e. The van der Waals surface area contributed by atoms with E-state index in [1.54, 1.807) is 12.1 Å². The fraction of sp³-hybridized carbons (Fsp3) is 0.632. The number of carbonyl (C=O) groups is 2. The summed E-state index contributed by atoms with van der Waals surface area (Å²) in [7, 11) is -3.91. The van der Waals surface area contributed by atoms with E-state index in [4.69, 9.17) is 5.73 Å². The van der Waals surface area contributed by atoms with Crippen molar-refractivity contribution in [2.75, 3.05) is 13.1 Å². The van der Waals surface area contributed by atoms with E-state index in [1.165, 1.54) is 12.3 Å². The molecule has 28 heavy (non-hydrogen) atoms. The Morgan fingerprint density at radius 3 is 2.64 bits per heavy atom. The van der Waals surface area contributed by atoms with Crippen molar-refractivity contribution < 1.29 is 18.0 Å². The number of sulfonamides is 1. The molecular formula is C19H30N4O4S. The lowest BCUT2D eigenvalue weighted by Crippen LogP contribution is -2.50. The van der Waals surface area contributed by atoms with Gasteiger partial charge in [0.05, 0.1) is 18.6 Å². The molecule has 1 unspecified atom stereocenters. The molecule has 1 saturated heterocycles. The van der Waals surface area contributed by atoms with Crippen LogP contribution in [-0.2, 0) is 19.6 Å². The second kappa shape index (κ2) is 8.67. The molecule has 0 aliphatic carbocycles. The monoisotopic (exact) mass is 410 g/mol. The van der Waals surface area contributed by atoms with Gasteiger partial charge in [-0.05, 0) is 36.3 Å². The average Bonchev–Trinajstić information content (AvgIpc) is 2.71. The molecule has 1 aromatic heterocycles. The second-order valence-corrected chi connectivity index (χ2v) is 10.5. The minimum Gasteiger partial charge on any atom is -0.345 e. The van der Waals surface area contributed by atoms with E-state index in [0.29, 0.717) is 12.8 Å². The number of hydrogen-bond acceptors (Lipinski definition) is 6. The molecule has 1 aromatic rings. The normalized spacial score (nSPS) is 21.9. The number of pyridine rings is 1. The van der Waals surface area contributed by atoms with E-state index in [2.05, 4.69) is 10.3 Å². The molecule has 0 spiro atoms. The number of nitrogens with one attached hydrogen (secondary N) is 1. The van der Waals surface area contributed by atoms with Crippen LogP contribution in [-0.4, -0.2) is 54.6 Å².